The van der Waals surface area contributed by atoms with Crippen molar-refractivity contribution in [2.45, 2.75) is 6.92 Å². The molecule has 28 heavy (non-hydrogen) atoms. The third-order valence-corrected chi connectivity index (χ3v) is 4.33. The molecule has 1 heterocycles. The smallest absolute Gasteiger partial charge is 0.216 e. The van der Waals surface area contributed by atoms with Crippen LogP contribution in [0.4, 0.5) is 0 Å². The highest BCUT2D eigenvalue weighted by molar-refractivity contribution is 7.71. The number of hydrogen-bond acceptors (Lipinski definition) is 6. The molecular weight excluding hydrogens is 400 g/mol. The SMILES string of the molecule is COc1cc(/C=N\n2c(C)n[nH]c2=S)ccc1OCCOc1ccccc1Cl. The van der Waals surface area contributed by atoms with Crippen LogP contribution in [0.1, 0.15) is 11.4 Å². The maximum absolute atomic E-state index is 6.06. The summed E-state index contributed by atoms with van der Waals surface area (Å²) in [5.41, 5.74) is 0.832. The summed E-state index contributed by atoms with van der Waals surface area (Å²) < 4.78 is 18.8. The Labute approximate surface area is 172 Å². The van der Waals surface area contributed by atoms with E-state index in [1.165, 1.54) is 4.68 Å². The molecule has 0 amide bonds. The molecular formula is C19H19ClN4O3S. The zero-order valence-corrected chi connectivity index (χ0v) is 17.0. The van der Waals surface area contributed by atoms with Gasteiger partial charge in [-0.15, -0.1) is 0 Å². The molecule has 0 spiro atoms. The van der Waals surface area contributed by atoms with Crippen molar-refractivity contribution in [3.05, 3.63) is 63.6 Å². The molecule has 7 nitrogen and oxygen atoms in total. The van der Waals surface area contributed by atoms with Crippen molar-refractivity contribution in [2.24, 2.45) is 5.10 Å². The third kappa shape index (κ3) is 4.90. The molecule has 3 rings (SSSR count). The highest BCUT2D eigenvalue weighted by Gasteiger charge is 2.06. The molecule has 0 aliphatic carbocycles. The van der Waals surface area contributed by atoms with Crippen LogP contribution in [0.2, 0.25) is 5.02 Å². The van der Waals surface area contributed by atoms with Gasteiger partial charge >= 0.3 is 0 Å². The lowest BCUT2D eigenvalue weighted by atomic mass is 10.2. The first-order valence-electron chi connectivity index (χ1n) is 8.45. The number of aromatic amines is 1. The van der Waals surface area contributed by atoms with Gasteiger partial charge in [0, 0.05) is 0 Å². The summed E-state index contributed by atoms with van der Waals surface area (Å²) in [5.74, 6) is 2.50. The number of nitrogens with zero attached hydrogens (tertiary/aromatic N) is 3. The van der Waals surface area contributed by atoms with Gasteiger partial charge in [-0.2, -0.15) is 14.9 Å². The molecule has 0 aliphatic rings. The van der Waals surface area contributed by atoms with E-state index in [-0.39, 0.29) is 0 Å². The number of halogens is 1. The van der Waals surface area contributed by atoms with Crippen molar-refractivity contribution in [1.82, 2.24) is 14.9 Å². The highest BCUT2D eigenvalue weighted by atomic mass is 35.5. The molecule has 0 radical (unpaired) electrons. The summed E-state index contributed by atoms with van der Waals surface area (Å²) in [5, 5.41) is 11.6. The molecule has 2 aromatic carbocycles. The monoisotopic (exact) mass is 418 g/mol. The number of benzene rings is 2. The van der Waals surface area contributed by atoms with Crippen molar-refractivity contribution in [3.8, 4) is 17.2 Å². The quantitative estimate of drug-likeness (QED) is 0.336. The summed E-state index contributed by atoms with van der Waals surface area (Å²) in [6.07, 6.45) is 1.67. The van der Waals surface area contributed by atoms with E-state index in [0.717, 1.165) is 5.56 Å². The van der Waals surface area contributed by atoms with E-state index < -0.39 is 0 Å². The van der Waals surface area contributed by atoms with Gasteiger partial charge in [-0.25, -0.2) is 0 Å². The number of H-pyrrole nitrogens is 1. The van der Waals surface area contributed by atoms with Crippen LogP contribution in [-0.4, -0.2) is 41.4 Å². The number of aryl methyl sites for hydroxylation is 1. The average molecular weight is 419 g/mol. The maximum atomic E-state index is 6.06. The molecule has 0 atom stereocenters. The topological polar surface area (TPSA) is 73.7 Å². The normalized spacial score (nSPS) is 11.0. The molecule has 0 saturated carbocycles. The van der Waals surface area contributed by atoms with Crippen molar-refractivity contribution < 1.29 is 14.2 Å². The van der Waals surface area contributed by atoms with Gasteiger partial charge in [0.2, 0.25) is 4.77 Å². The van der Waals surface area contributed by atoms with Crippen molar-refractivity contribution in [2.75, 3.05) is 20.3 Å². The second kappa shape index (κ2) is 9.38. The molecule has 0 saturated heterocycles. The van der Waals surface area contributed by atoms with E-state index in [4.69, 9.17) is 38.0 Å². The fraction of sp³-hybridized carbons (Fsp3) is 0.211. The number of ether oxygens (including phenoxy) is 3. The predicted octanol–water partition coefficient (Wildman–Crippen LogP) is 4.25. The number of aromatic nitrogens is 3. The Morgan fingerprint density at radius 2 is 1.89 bits per heavy atom. The van der Waals surface area contributed by atoms with Gasteiger partial charge in [-0.1, -0.05) is 23.7 Å². The molecule has 0 fully saturated rings. The van der Waals surface area contributed by atoms with E-state index in [9.17, 15) is 0 Å². The molecule has 0 bridgehead atoms. The second-order valence-corrected chi connectivity index (χ2v) is 6.46. The average Bonchev–Trinajstić information content (AvgIpc) is 3.03. The highest BCUT2D eigenvalue weighted by Crippen LogP contribution is 2.28. The summed E-state index contributed by atoms with van der Waals surface area (Å²) in [6, 6.07) is 12.8. The largest absolute Gasteiger partial charge is 0.493 e. The number of hydrogen-bond donors (Lipinski definition) is 1. The van der Waals surface area contributed by atoms with Crippen LogP contribution in [-0.2, 0) is 0 Å². The molecule has 0 aliphatic heterocycles. The molecule has 146 valence electrons. The predicted molar refractivity (Wildman–Crippen MR) is 111 cm³/mol. The van der Waals surface area contributed by atoms with Crippen LogP contribution in [0.3, 0.4) is 0 Å². The number of rotatable bonds is 8. The summed E-state index contributed by atoms with van der Waals surface area (Å²) in [6.45, 7) is 2.51. The van der Waals surface area contributed by atoms with E-state index in [1.54, 1.807) is 19.4 Å². The molecule has 1 N–H and O–H groups in total. The van der Waals surface area contributed by atoms with Gasteiger partial charge in [-0.05, 0) is 55.0 Å². The third-order valence-electron chi connectivity index (χ3n) is 3.76. The lowest BCUT2D eigenvalue weighted by Gasteiger charge is -2.12. The zero-order valence-electron chi connectivity index (χ0n) is 15.4. The first-order chi connectivity index (χ1) is 13.6. The summed E-state index contributed by atoms with van der Waals surface area (Å²) in [4.78, 5) is 0. The minimum Gasteiger partial charge on any atom is -0.493 e. The Morgan fingerprint density at radius 3 is 2.57 bits per heavy atom. The minimum atomic E-state index is 0.346. The van der Waals surface area contributed by atoms with Crippen LogP contribution in [0.25, 0.3) is 0 Å². The second-order valence-electron chi connectivity index (χ2n) is 5.67. The van der Waals surface area contributed by atoms with Crippen molar-refractivity contribution >= 4 is 30.0 Å². The first-order valence-corrected chi connectivity index (χ1v) is 9.23. The Hall–Kier alpha value is -2.84. The Kier molecular flexibility index (Phi) is 6.67. The fourth-order valence-corrected chi connectivity index (χ4v) is 2.79. The van der Waals surface area contributed by atoms with Gasteiger partial charge in [0.15, 0.2) is 11.5 Å². The number of methoxy groups -OCH3 is 1. The van der Waals surface area contributed by atoms with Gasteiger partial charge in [-0.3, -0.25) is 5.10 Å². The number of para-hydroxylation sites is 1. The van der Waals surface area contributed by atoms with E-state index in [2.05, 4.69) is 15.3 Å². The van der Waals surface area contributed by atoms with Crippen LogP contribution < -0.4 is 14.2 Å². The van der Waals surface area contributed by atoms with Crippen LogP contribution in [0.5, 0.6) is 17.2 Å². The maximum Gasteiger partial charge on any atom is 0.216 e. The summed E-state index contributed by atoms with van der Waals surface area (Å²) in [7, 11) is 1.58. The fourth-order valence-electron chi connectivity index (χ4n) is 2.38. The molecule has 1 aromatic heterocycles. The molecule has 3 aromatic rings. The van der Waals surface area contributed by atoms with Crippen LogP contribution >= 0.6 is 23.8 Å². The van der Waals surface area contributed by atoms with Crippen LogP contribution in [0, 0.1) is 11.7 Å². The van der Waals surface area contributed by atoms with Gasteiger partial charge in [0.05, 0.1) is 18.3 Å². The Morgan fingerprint density at radius 1 is 1.14 bits per heavy atom. The van der Waals surface area contributed by atoms with Gasteiger partial charge < -0.3 is 14.2 Å². The molecule has 0 unspecified atom stereocenters. The minimum absolute atomic E-state index is 0.346. The van der Waals surface area contributed by atoms with Crippen molar-refractivity contribution in [3.63, 3.8) is 0 Å². The first kappa shape index (κ1) is 19.9. The molecule has 9 heteroatoms. The lowest BCUT2D eigenvalue weighted by Crippen LogP contribution is -2.09. The van der Waals surface area contributed by atoms with Crippen molar-refractivity contribution in [1.29, 1.82) is 0 Å². The van der Waals surface area contributed by atoms with Gasteiger partial charge in [0.1, 0.15) is 24.8 Å². The standard InChI is InChI=1S/C19H19ClN4O3S/c1-13-22-23-19(28)24(13)21-12-14-7-8-17(18(11-14)25-2)27-10-9-26-16-6-4-3-5-15(16)20/h3-8,11-12H,9-10H2,1-2H3,(H,23,28)/b21-12-. The summed E-state index contributed by atoms with van der Waals surface area (Å²) >= 11 is 11.2. The Bertz CT molecular complexity index is 1030. The van der Waals surface area contributed by atoms with Gasteiger partial charge in [0.25, 0.3) is 0 Å². The van der Waals surface area contributed by atoms with E-state index in [1.807, 2.05) is 43.3 Å². The van der Waals surface area contributed by atoms with E-state index in [0.29, 0.717) is 46.1 Å². The lowest BCUT2D eigenvalue weighted by molar-refractivity contribution is 0.211. The van der Waals surface area contributed by atoms with Crippen LogP contribution in [0.15, 0.2) is 47.6 Å². The van der Waals surface area contributed by atoms with E-state index >= 15 is 0 Å². The zero-order chi connectivity index (χ0) is 19.9. The number of nitrogens with one attached hydrogen (secondary N) is 1. The Balaban J connectivity index is 1.61.